The molecule has 0 aromatic carbocycles. The minimum Gasteiger partial charge on any atom is -0.377 e. The quantitative estimate of drug-likeness (QED) is 0.618. The summed E-state index contributed by atoms with van der Waals surface area (Å²) in [4.78, 5) is 2.60. The number of hydrogen-bond donors (Lipinski definition) is 1. The van der Waals surface area contributed by atoms with Gasteiger partial charge in [-0.25, -0.2) is 0 Å². The van der Waals surface area contributed by atoms with Crippen LogP contribution in [0.15, 0.2) is 0 Å². The molecule has 0 radical (unpaired) electrons. The smallest absolute Gasteiger partial charge is 0.0702 e. The molecule has 114 valence electrons. The summed E-state index contributed by atoms with van der Waals surface area (Å²) < 4.78 is 5.88. The van der Waals surface area contributed by atoms with Gasteiger partial charge >= 0.3 is 0 Å². The van der Waals surface area contributed by atoms with Crippen LogP contribution in [0.5, 0.6) is 0 Å². The molecule has 0 amide bonds. The van der Waals surface area contributed by atoms with Crippen molar-refractivity contribution in [1.82, 2.24) is 10.2 Å². The van der Waals surface area contributed by atoms with E-state index in [0.717, 1.165) is 19.6 Å². The van der Waals surface area contributed by atoms with E-state index in [0.29, 0.717) is 12.1 Å². The third-order valence-electron chi connectivity index (χ3n) is 3.72. The second kappa shape index (κ2) is 10.6. The highest BCUT2D eigenvalue weighted by Gasteiger charge is 2.19. The van der Waals surface area contributed by atoms with Gasteiger partial charge in [-0.05, 0) is 51.7 Å². The average Bonchev–Trinajstić information content (AvgIpc) is 2.40. The maximum Gasteiger partial charge on any atom is 0.0702 e. The molecule has 0 bridgehead atoms. The highest BCUT2D eigenvalue weighted by molar-refractivity contribution is 4.73. The number of nitrogens with one attached hydrogen (secondary N) is 1. The minimum atomic E-state index is 0.497. The summed E-state index contributed by atoms with van der Waals surface area (Å²) in [5.41, 5.74) is 0. The number of unbranched alkanes of at least 4 members (excludes halogenated alkanes) is 2. The first-order valence-electron chi connectivity index (χ1n) is 8.29. The molecular weight excluding hydrogens is 236 g/mol. The maximum absolute atomic E-state index is 5.88. The molecule has 0 aromatic rings. The predicted octanol–water partition coefficient (Wildman–Crippen LogP) is 3.05. The van der Waals surface area contributed by atoms with Gasteiger partial charge in [0.05, 0.1) is 6.10 Å². The molecule has 0 aromatic heterocycles. The molecule has 1 unspecified atom stereocenters. The zero-order chi connectivity index (χ0) is 13.9. The molecule has 1 N–H and O–H groups in total. The van der Waals surface area contributed by atoms with Gasteiger partial charge in [0.1, 0.15) is 0 Å². The van der Waals surface area contributed by atoms with Crippen molar-refractivity contribution in [3.05, 3.63) is 0 Å². The lowest BCUT2D eigenvalue weighted by molar-refractivity contribution is -0.000354. The Kier molecular flexibility index (Phi) is 9.48. The Bertz CT molecular complexity index is 209. The summed E-state index contributed by atoms with van der Waals surface area (Å²) in [6.45, 7) is 12.4. The number of likely N-dealkylation sites (tertiary alicyclic amines) is 1. The van der Waals surface area contributed by atoms with Crippen LogP contribution in [0.2, 0.25) is 0 Å². The Labute approximate surface area is 120 Å². The molecule has 0 spiro atoms. The van der Waals surface area contributed by atoms with Gasteiger partial charge in [-0.1, -0.05) is 27.2 Å². The normalized spacial score (nSPS) is 21.2. The van der Waals surface area contributed by atoms with Crippen LogP contribution in [-0.4, -0.2) is 49.8 Å². The zero-order valence-corrected chi connectivity index (χ0v) is 13.3. The number of rotatable bonds is 10. The highest BCUT2D eigenvalue weighted by atomic mass is 16.5. The van der Waals surface area contributed by atoms with Crippen molar-refractivity contribution in [1.29, 1.82) is 0 Å². The fraction of sp³-hybridized carbons (Fsp3) is 1.00. The number of ether oxygens (including phenoxy) is 1. The van der Waals surface area contributed by atoms with E-state index in [9.17, 15) is 0 Å². The van der Waals surface area contributed by atoms with Gasteiger partial charge in [0.2, 0.25) is 0 Å². The molecule has 1 atom stereocenters. The third kappa shape index (κ3) is 8.61. The van der Waals surface area contributed by atoms with Crippen molar-refractivity contribution < 1.29 is 4.74 Å². The first-order chi connectivity index (χ1) is 9.22. The van der Waals surface area contributed by atoms with E-state index in [4.69, 9.17) is 4.74 Å². The van der Waals surface area contributed by atoms with Gasteiger partial charge in [-0.3, -0.25) is 0 Å². The fourth-order valence-corrected chi connectivity index (χ4v) is 2.66. The minimum absolute atomic E-state index is 0.497. The van der Waals surface area contributed by atoms with Crippen molar-refractivity contribution in [3.8, 4) is 0 Å². The van der Waals surface area contributed by atoms with Crippen LogP contribution < -0.4 is 5.32 Å². The van der Waals surface area contributed by atoms with Crippen LogP contribution >= 0.6 is 0 Å². The zero-order valence-electron chi connectivity index (χ0n) is 13.3. The summed E-state index contributed by atoms with van der Waals surface area (Å²) in [5, 5.41) is 3.48. The standard InChI is InChI=1S/C16H34N2O/c1-4-13-19-16-9-8-12-18(14-16)11-7-5-6-10-17-15(2)3/h15-17H,4-14H2,1-3H3. The summed E-state index contributed by atoms with van der Waals surface area (Å²) in [7, 11) is 0. The van der Waals surface area contributed by atoms with Crippen LogP contribution in [0.3, 0.4) is 0 Å². The van der Waals surface area contributed by atoms with Gasteiger partial charge in [0.25, 0.3) is 0 Å². The van der Waals surface area contributed by atoms with Crippen LogP contribution in [0, 0.1) is 0 Å². The molecule has 3 heteroatoms. The van der Waals surface area contributed by atoms with Gasteiger partial charge in [0, 0.05) is 19.2 Å². The van der Waals surface area contributed by atoms with Crippen molar-refractivity contribution >= 4 is 0 Å². The Morgan fingerprint density at radius 2 is 2.11 bits per heavy atom. The lowest BCUT2D eigenvalue weighted by Gasteiger charge is -2.32. The van der Waals surface area contributed by atoms with Crippen molar-refractivity contribution in [2.75, 3.05) is 32.8 Å². The Balaban J connectivity index is 1.99. The van der Waals surface area contributed by atoms with Crippen molar-refractivity contribution in [2.24, 2.45) is 0 Å². The molecule has 0 aliphatic carbocycles. The topological polar surface area (TPSA) is 24.5 Å². The monoisotopic (exact) mass is 270 g/mol. The molecule has 3 nitrogen and oxygen atoms in total. The van der Waals surface area contributed by atoms with Crippen LogP contribution in [0.4, 0.5) is 0 Å². The van der Waals surface area contributed by atoms with Gasteiger partial charge < -0.3 is 15.0 Å². The third-order valence-corrected chi connectivity index (χ3v) is 3.72. The SMILES string of the molecule is CCCOC1CCCN(CCCCCNC(C)C)C1. The second-order valence-corrected chi connectivity index (χ2v) is 6.11. The van der Waals surface area contributed by atoms with Crippen LogP contribution in [0.25, 0.3) is 0 Å². The molecule has 1 rings (SSSR count). The number of piperidine rings is 1. The number of hydrogen-bond acceptors (Lipinski definition) is 3. The van der Waals surface area contributed by atoms with Crippen molar-refractivity contribution in [2.45, 2.75) is 71.4 Å². The van der Waals surface area contributed by atoms with Crippen molar-refractivity contribution in [3.63, 3.8) is 0 Å². The lowest BCUT2D eigenvalue weighted by atomic mass is 10.1. The van der Waals surface area contributed by atoms with Gasteiger partial charge in [-0.2, -0.15) is 0 Å². The summed E-state index contributed by atoms with van der Waals surface area (Å²) in [6, 6.07) is 0.624. The van der Waals surface area contributed by atoms with Gasteiger partial charge in [0.15, 0.2) is 0 Å². The fourth-order valence-electron chi connectivity index (χ4n) is 2.66. The van der Waals surface area contributed by atoms with E-state index in [1.165, 1.54) is 51.7 Å². The predicted molar refractivity (Wildman–Crippen MR) is 82.7 cm³/mol. The van der Waals surface area contributed by atoms with Crippen LogP contribution in [0.1, 0.15) is 59.3 Å². The average molecular weight is 270 g/mol. The van der Waals surface area contributed by atoms with E-state index in [1.54, 1.807) is 0 Å². The molecule has 1 aliphatic heterocycles. The number of nitrogens with zero attached hydrogens (tertiary/aromatic N) is 1. The summed E-state index contributed by atoms with van der Waals surface area (Å²) in [6.07, 6.45) is 8.19. The highest BCUT2D eigenvalue weighted by Crippen LogP contribution is 2.14. The largest absolute Gasteiger partial charge is 0.377 e. The molecule has 1 fully saturated rings. The maximum atomic E-state index is 5.88. The van der Waals surface area contributed by atoms with E-state index < -0.39 is 0 Å². The first-order valence-corrected chi connectivity index (χ1v) is 8.29. The van der Waals surface area contributed by atoms with Crippen LogP contribution in [-0.2, 0) is 4.74 Å². The lowest BCUT2D eigenvalue weighted by Crippen LogP contribution is -2.40. The van der Waals surface area contributed by atoms with E-state index in [-0.39, 0.29) is 0 Å². The Hall–Kier alpha value is -0.120. The molecule has 1 saturated heterocycles. The second-order valence-electron chi connectivity index (χ2n) is 6.11. The summed E-state index contributed by atoms with van der Waals surface area (Å²) in [5.74, 6) is 0. The van der Waals surface area contributed by atoms with E-state index >= 15 is 0 Å². The molecule has 0 saturated carbocycles. The molecular formula is C16H34N2O. The van der Waals surface area contributed by atoms with Gasteiger partial charge in [-0.15, -0.1) is 0 Å². The molecule has 1 aliphatic rings. The molecule has 1 heterocycles. The molecule has 19 heavy (non-hydrogen) atoms. The van der Waals surface area contributed by atoms with E-state index in [1.807, 2.05) is 0 Å². The Morgan fingerprint density at radius 3 is 2.84 bits per heavy atom. The van der Waals surface area contributed by atoms with E-state index in [2.05, 4.69) is 31.0 Å². The Morgan fingerprint density at radius 1 is 1.26 bits per heavy atom. The first kappa shape index (κ1) is 16.9. The summed E-state index contributed by atoms with van der Waals surface area (Å²) >= 11 is 0.